The highest BCUT2D eigenvalue weighted by atomic mass is 127. The quantitative estimate of drug-likeness (QED) is 0.695. The first-order chi connectivity index (χ1) is 6.79. The van der Waals surface area contributed by atoms with E-state index in [2.05, 4.69) is 22.6 Å². The van der Waals surface area contributed by atoms with Crippen LogP contribution in [0.25, 0.3) is 11.1 Å². The summed E-state index contributed by atoms with van der Waals surface area (Å²) in [6.45, 7) is 0. The van der Waals surface area contributed by atoms with Gasteiger partial charge in [-0.1, -0.05) is 36.4 Å². The van der Waals surface area contributed by atoms with Crippen LogP contribution in [0.4, 0.5) is 4.39 Å². The number of hydrogen-bond donors (Lipinski definition) is 0. The van der Waals surface area contributed by atoms with Gasteiger partial charge >= 0.3 is 0 Å². The molecule has 0 aliphatic heterocycles. The van der Waals surface area contributed by atoms with Gasteiger partial charge < -0.3 is 0 Å². The number of benzene rings is 2. The normalized spacial score (nSPS) is 10.1. The molecule has 0 aromatic heterocycles. The molecule has 2 rings (SSSR count). The Kier molecular flexibility index (Phi) is 2.82. The average molecular weight is 298 g/mol. The summed E-state index contributed by atoms with van der Waals surface area (Å²) in [6, 6.07) is 14.7. The molecule has 0 saturated carbocycles. The highest BCUT2D eigenvalue weighted by Crippen LogP contribution is 2.27. The predicted octanol–water partition coefficient (Wildman–Crippen LogP) is 4.10. The van der Waals surface area contributed by atoms with Crippen molar-refractivity contribution < 1.29 is 4.39 Å². The molecule has 2 heteroatoms. The molecule has 0 spiro atoms. The summed E-state index contributed by atoms with van der Waals surface area (Å²) < 4.78 is 14.5. The summed E-state index contributed by atoms with van der Waals surface area (Å²) in [5, 5.41) is 0. The second kappa shape index (κ2) is 4.09. The highest BCUT2D eigenvalue weighted by molar-refractivity contribution is 14.1. The van der Waals surface area contributed by atoms with Crippen molar-refractivity contribution in [3.63, 3.8) is 0 Å². The number of halogens is 2. The zero-order chi connectivity index (χ0) is 9.97. The smallest absolute Gasteiger partial charge is 0.132 e. The predicted molar refractivity (Wildman–Crippen MR) is 64.6 cm³/mol. The van der Waals surface area contributed by atoms with Crippen molar-refractivity contribution in [1.82, 2.24) is 0 Å². The summed E-state index contributed by atoms with van der Waals surface area (Å²) in [5.41, 5.74) is 1.61. The Hall–Kier alpha value is -0.900. The van der Waals surface area contributed by atoms with E-state index in [-0.39, 0.29) is 5.82 Å². The Morgan fingerprint density at radius 2 is 1.57 bits per heavy atom. The number of hydrogen-bond acceptors (Lipinski definition) is 0. The molecule has 0 heterocycles. The Morgan fingerprint density at radius 1 is 0.857 bits per heavy atom. The van der Waals surface area contributed by atoms with E-state index in [0.717, 1.165) is 9.13 Å². The van der Waals surface area contributed by atoms with Crippen LogP contribution in [-0.4, -0.2) is 0 Å². The molecule has 0 bridgehead atoms. The third-order valence-corrected chi connectivity index (χ3v) is 2.92. The molecular weight excluding hydrogens is 290 g/mol. The van der Waals surface area contributed by atoms with Crippen molar-refractivity contribution in [2.75, 3.05) is 0 Å². The summed E-state index contributed by atoms with van der Waals surface area (Å²) in [5.74, 6) is -0.164. The molecule has 70 valence electrons. The standard InChI is InChI=1S/C12H8FI/c13-10-7-4-8-11(14)12(10)9-5-2-1-3-6-9/h1-8H. The van der Waals surface area contributed by atoms with Gasteiger partial charge in [0.2, 0.25) is 0 Å². The van der Waals surface area contributed by atoms with Gasteiger partial charge in [0, 0.05) is 9.13 Å². The molecule has 2 aromatic carbocycles. The fraction of sp³-hybridized carbons (Fsp3) is 0. The first kappa shape index (κ1) is 9.65. The van der Waals surface area contributed by atoms with Crippen molar-refractivity contribution in [2.45, 2.75) is 0 Å². The largest absolute Gasteiger partial charge is 0.206 e. The first-order valence-corrected chi connectivity index (χ1v) is 5.36. The van der Waals surface area contributed by atoms with E-state index in [9.17, 15) is 4.39 Å². The second-order valence-electron chi connectivity index (χ2n) is 2.96. The summed E-state index contributed by atoms with van der Waals surface area (Å²) in [7, 11) is 0. The van der Waals surface area contributed by atoms with Gasteiger partial charge in [-0.15, -0.1) is 0 Å². The molecule has 0 N–H and O–H groups in total. The minimum Gasteiger partial charge on any atom is -0.206 e. The zero-order valence-corrected chi connectivity index (χ0v) is 9.53. The minimum atomic E-state index is -0.164. The van der Waals surface area contributed by atoms with Gasteiger partial charge in [0.25, 0.3) is 0 Å². The maximum Gasteiger partial charge on any atom is 0.132 e. The van der Waals surface area contributed by atoms with Crippen LogP contribution in [0.2, 0.25) is 0 Å². The molecule has 0 atom stereocenters. The van der Waals surface area contributed by atoms with Crippen LogP contribution < -0.4 is 0 Å². The molecule has 0 fully saturated rings. The lowest BCUT2D eigenvalue weighted by molar-refractivity contribution is 0.630. The van der Waals surface area contributed by atoms with Crippen LogP contribution in [0.3, 0.4) is 0 Å². The average Bonchev–Trinajstić information content (AvgIpc) is 2.19. The molecule has 0 amide bonds. The zero-order valence-electron chi connectivity index (χ0n) is 7.37. The van der Waals surface area contributed by atoms with Gasteiger partial charge in [-0.25, -0.2) is 4.39 Å². The fourth-order valence-corrected chi connectivity index (χ4v) is 2.16. The van der Waals surface area contributed by atoms with Crippen molar-refractivity contribution in [1.29, 1.82) is 0 Å². The third kappa shape index (κ3) is 1.80. The minimum absolute atomic E-state index is 0.164. The van der Waals surface area contributed by atoms with E-state index >= 15 is 0 Å². The van der Waals surface area contributed by atoms with Gasteiger partial charge in [-0.2, -0.15) is 0 Å². The van der Waals surface area contributed by atoms with E-state index in [1.54, 1.807) is 6.07 Å². The Bertz CT molecular complexity index is 417. The Balaban J connectivity index is 2.63. The molecule has 0 nitrogen and oxygen atoms in total. The SMILES string of the molecule is Fc1cccc(I)c1-c1ccccc1. The van der Waals surface area contributed by atoms with Crippen LogP contribution in [0.1, 0.15) is 0 Å². The maximum absolute atomic E-state index is 13.5. The highest BCUT2D eigenvalue weighted by Gasteiger charge is 2.07. The first-order valence-electron chi connectivity index (χ1n) is 4.28. The molecule has 0 unspecified atom stereocenters. The van der Waals surface area contributed by atoms with Gasteiger partial charge in [-0.05, 0) is 40.3 Å². The van der Waals surface area contributed by atoms with E-state index in [1.807, 2.05) is 36.4 Å². The van der Waals surface area contributed by atoms with Crippen molar-refractivity contribution in [3.05, 3.63) is 57.9 Å². The molecule has 0 radical (unpaired) electrons. The lowest BCUT2D eigenvalue weighted by Gasteiger charge is -2.05. The third-order valence-electron chi connectivity index (χ3n) is 2.03. The van der Waals surface area contributed by atoms with Crippen LogP contribution in [0, 0.1) is 9.39 Å². The van der Waals surface area contributed by atoms with E-state index in [0.29, 0.717) is 5.56 Å². The summed E-state index contributed by atoms with van der Waals surface area (Å²) >= 11 is 2.15. The lowest BCUT2D eigenvalue weighted by atomic mass is 10.1. The van der Waals surface area contributed by atoms with Crippen LogP contribution in [0.5, 0.6) is 0 Å². The van der Waals surface area contributed by atoms with Gasteiger partial charge in [0.1, 0.15) is 5.82 Å². The molecule has 0 aliphatic rings. The van der Waals surface area contributed by atoms with E-state index in [4.69, 9.17) is 0 Å². The van der Waals surface area contributed by atoms with Gasteiger partial charge in [0.05, 0.1) is 0 Å². The maximum atomic E-state index is 13.5. The molecular formula is C12H8FI. The Labute approximate surface area is 95.9 Å². The van der Waals surface area contributed by atoms with Gasteiger partial charge in [-0.3, -0.25) is 0 Å². The monoisotopic (exact) mass is 298 g/mol. The van der Waals surface area contributed by atoms with E-state index < -0.39 is 0 Å². The topological polar surface area (TPSA) is 0 Å². The second-order valence-corrected chi connectivity index (χ2v) is 4.12. The van der Waals surface area contributed by atoms with Crippen molar-refractivity contribution >= 4 is 22.6 Å². The van der Waals surface area contributed by atoms with Crippen molar-refractivity contribution in [2.24, 2.45) is 0 Å². The van der Waals surface area contributed by atoms with Gasteiger partial charge in [0.15, 0.2) is 0 Å². The molecule has 0 saturated heterocycles. The van der Waals surface area contributed by atoms with Crippen LogP contribution in [-0.2, 0) is 0 Å². The lowest BCUT2D eigenvalue weighted by Crippen LogP contribution is -1.87. The molecule has 14 heavy (non-hydrogen) atoms. The number of rotatable bonds is 1. The van der Waals surface area contributed by atoms with Crippen LogP contribution >= 0.6 is 22.6 Å². The fourth-order valence-electron chi connectivity index (χ4n) is 1.38. The van der Waals surface area contributed by atoms with Crippen LogP contribution in [0.15, 0.2) is 48.5 Å². The van der Waals surface area contributed by atoms with Crippen molar-refractivity contribution in [3.8, 4) is 11.1 Å². The van der Waals surface area contributed by atoms with E-state index in [1.165, 1.54) is 6.07 Å². The molecule has 0 aliphatic carbocycles. The summed E-state index contributed by atoms with van der Waals surface area (Å²) in [4.78, 5) is 0. The molecule has 2 aromatic rings. The Morgan fingerprint density at radius 3 is 2.21 bits per heavy atom. The summed E-state index contributed by atoms with van der Waals surface area (Å²) in [6.07, 6.45) is 0.